The summed E-state index contributed by atoms with van der Waals surface area (Å²) in [4.78, 5) is 27.8. The Hall–Kier alpha value is -3.51. The molecule has 4 rings (SSSR count). The minimum absolute atomic E-state index is 0.119. The lowest BCUT2D eigenvalue weighted by Gasteiger charge is -2.29. The van der Waals surface area contributed by atoms with E-state index < -0.39 is 0 Å². The zero-order chi connectivity index (χ0) is 24.2. The average Bonchev–Trinajstić information content (AvgIpc) is 3.42. The van der Waals surface area contributed by atoms with Gasteiger partial charge in [-0.05, 0) is 48.7 Å². The summed E-state index contributed by atoms with van der Waals surface area (Å²) in [7, 11) is 5.60. The van der Waals surface area contributed by atoms with E-state index in [9.17, 15) is 9.59 Å². The van der Waals surface area contributed by atoms with E-state index in [1.54, 1.807) is 22.6 Å². The Bertz CT molecular complexity index is 1310. The maximum Gasteiger partial charge on any atom is 0.267 e. The maximum atomic E-state index is 13.5. The number of nitrogens with one attached hydrogen (secondary N) is 1. The number of halogens is 1. The highest BCUT2D eigenvalue weighted by atomic mass is 35.5. The van der Waals surface area contributed by atoms with Gasteiger partial charge in [0.05, 0.1) is 10.6 Å². The predicted octanol–water partition coefficient (Wildman–Crippen LogP) is 4.67. The molecule has 2 aromatic carbocycles. The largest absolute Gasteiger partial charge is 0.351 e. The fourth-order valence-electron chi connectivity index (χ4n) is 4.27. The zero-order valence-corrected chi connectivity index (χ0v) is 20.4. The van der Waals surface area contributed by atoms with Crippen LogP contribution in [0.15, 0.2) is 73.1 Å². The first-order chi connectivity index (χ1) is 16.3. The fourth-order valence-corrected chi connectivity index (χ4v) is 4.51. The first kappa shape index (κ1) is 23.6. The van der Waals surface area contributed by atoms with Crippen LogP contribution in [0.4, 0.5) is 0 Å². The van der Waals surface area contributed by atoms with E-state index in [-0.39, 0.29) is 17.9 Å². The fraction of sp³-hybridized carbons (Fsp3) is 0.259. The number of aryl methyl sites for hydroxylation is 2. The van der Waals surface area contributed by atoms with Crippen molar-refractivity contribution in [3.05, 3.63) is 94.9 Å². The average molecular weight is 477 g/mol. The molecule has 2 amide bonds. The molecule has 0 bridgehead atoms. The number of hydrogen-bond acceptors (Lipinski definition) is 2. The van der Waals surface area contributed by atoms with Crippen molar-refractivity contribution in [3.63, 3.8) is 0 Å². The van der Waals surface area contributed by atoms with Crippen LogP contribution in [0.2, 0.25) is 5.02 Å². The summed E-state index contributed by atoms with van der Waals surface area (Å²) in [5.74, 6) is -0.261. The number of rotatable bonds is 8. The second kappa shape index (κ2) is 10.2. The molecule has 1 N–H and O–H groups in total. The molecule has 7 heteroatoms. The predicted molar refractivity (Wildman–Crippen MR) is 136 cm³/mol. The van der Waals surface area contributed by atoms with E-state index in [0.717, 1.165) is 16.5 Å². The van der Waals surface area contributed by atoms with E-state index in [0.29, 0.717) is 35.7 Å². The van der Waals surface area contributed by atoms with Gasteiger partial charge in [-0.3, -0.25) is 9.59 Å². The summed E-state index contributed by atoms with van der Waals surface area (Å²) < 4.78 is 3.76. The summed E-state index contributed by atoms with van der Waals surface area (Å²) in [6.07, 6.45) is 5.08. The van der Waals surface area contributed by atoms with E-state index in [1.807, 2.05) is 73.5 Å². The van der Waals surface area contributed by atoms with Crippen LogP contribution in [0.3, 0.4) is 0 Å². The highest BCUT2D eigenvalue weighted by Crippen LogP contribution is 2.26. The lowest BCUT2D eigenvalue weighted by molar-refractivity contribution is 0.0723. The lowest BCUT2D eigenvalue weighted by atomic mass is 10.0. The lowest BCUT2D eigenvalue weighted by Crippen LogP contribution is -2.41. The molecular weight excluding hydrogens is 448 g/mol. The molecule has 0 unspecified atom stereocenters. The number of carbonyl (C=O) groups is 2. The Morgan fingerprint density at radius 2 is 1.76 bits per heavy atom. The number of nitrogens with zero attached hydrogens (tertiary/aromatic N) is 3. The van der Waals surface area contributed by atoms with Gasteiger partial charge in [0, 0.05) is 57.0 Å². The second-order valence-corrected chi connectivity index (χ2v) is 9.03. The summed E-state index contributed by atoms with van der Waals surface area (Å²) >= 11 is 6.53. The molecule has 6 nitrogen and oxygen atoms in total. The van der Waals surface area contributed by atoms with Crippen LogP contribution < -0.4 is 5.32 Å². The van der Waals surface area contributed by atoms with Crippen LogP contribution in [-0.2, 0) is 20.5 Å². The molecule has 34 heavy (non-hydrogen) atoms. The standard InChI is InChI=1S/C27H29ClN4O2/c1-30-14-7-10-24(30)26(33)29-13-11-21(16-19-8-5-4-6-9-19)32(3)27(34)22-17-20-12-15-31(2)25(20)18-23(22)28/h4-10,12,14-15,17-18,21H,11,13,16H2,1-3H3,(H,29,33)/t21-/m1/s1. The van der Waals surface area contributed by atoms with E-state index >= 15 is 0 Å². The first-order valence-electron chi connectivity index (χ1n) is 11.3. The van der Waals surface area contributed by atoms with E-state index in [1.165, 1.54) is 0 Å². The molecule has 2 aromatic heterocycles. The molecule has 176 valence electrons. The van der Waals surface area contributed by atoms with Gasteiger partial charge in [0.15, 0.2) is 0 Å². The monoisotopic (exact) mass is 476 g/mol. The topological polar surface area (TPSA) is 59.3 Å². The van der Waals surface area contributed by atoms with Gasteiger partial charge in [-0.1, -0.05) is 41.9 Å². The minimum atomic E-state index is -0.134. The summed E-state index contributed by atoms with van der Waals surface area (Å²) in [5, 5.41) is 4.39. The number of benzene rings is 2. The highest BCUT2D eigenvalue weighted by molar-refractivity contribution is 6.34. The van der Waals surface area contributed by atoms with Crippen LogP contribution in [-0.4, -0.2) is 45.5 Å². The normalized spacial score (nSPS) is 12.0. The molecule has 0 saturated heterocycles. The van der Waals surface area contributed by atoms with Crippen molar-refractivity contribution >= 4 is 34.3 Å². The third kappa shape index (κ3) is 5.02. The number of amides is 2. The van der Waals surface area contributed by atoms with Gasteiger partial charge in [0.2, 0.25) is 0 Å². The smallest absolute Gasteiger partial charge is 0.267 e. The molecule has 0 saturated carbocycles. The van der Waals surface area contributed by atoms with Crippen LogP contribution >= 0.6 is 11.6 Å². The number of aromatic nitrogens is 2. The zero-order valence-electron chi connectivity index (χ0n) is 19.7. The van der Waals surface area contributed by atoms with Gasteiger partial charge in [0.1, 0.15) is 5.69 Å². The molecule has 0 spiro atoms. The number of hydrogen-bond donors (Lipinski definition) is 1. The molecule has 0 aliphatic heterocycles. The van der Waals surface area contributed by atoms with Gasteiger partial charge in [0.25, 0.3) is 11.8 Å². The van der Waals surface area contributed by atoms with Crippen molar-refractivity contribution in [2.24, 2.45) is 14.1 Å². The Balaban J connectivity index is 1.52. The van der Waals surface area contributed by atoms with Crippen LogP contribution in [0.25, 0.3) is 10.9 Å². The van der Waals surface area contributed by atoms with Gasteiger partial charge < -0.3 is 19.4 Å². The molecular formula is C27H29ClN4O2. The van der Waals surface area contributed by atoms with Crippen molar-refractivity contribution in [1.82, 2.24) is 19.4 Å². The van der Waals surface area contributed by atoms with E-state index in [2.05, 4.69) is 17.4 Å². The van der Waals surface area contributed by atoms with Crippen molar-refractivity contribution in [1.29, 1.82) is 0 Å². The van der Waals surface area contributed by atoms with Crippen LogP contribution in [0.1, 0.15) is 32.8 Å². The molecule has 0 fully saturated rings. The molecule has 4 aromatic rings. The number of fused-ring (bicyclic) bond motifs is 1. The molecule has 0 aliphatic rings. The minimum Gasteiger partial charge on any atom is -0.351 e. The molecule has 0 aliphatic carbocycles. The van der Waals surface area contributed by atoms with Gasteiger partial charge in [-0.15, -0.1) is 0 Å². The quantitative estimate of drug-likeness (QED) is 0.401. The van der Waals surface area contributed by atoms with Gasteiger partial charge in [-0.2, -0.15) is 0 Å². The number of likely N-dealkylation sites (N-methyl/N-ethyl adjacent to an activating group) is 1. The summed E-state index contributed by atoms with van der Waals surface area (Å²) in [6, 6.07) is 19.2. The van der Waals surface area contributed by atoms with Gasteiger partial charge >= 0.3 is 0 Å². The third-order valence-corrected chi connectivity index (χ3v) is 6.64. The van der Waals surface area contributed by atoms with Crippen molar-refractivity contribution in [3.8, 4) is 0 Å². The first-order valence-corrected chi connectivity index (χ1v) is 11.7. The Morgan fingerprint density at radius 1 is 1.00 bits per heavy atom. The second-order valence-electron chi connectivity index (χ2n) is 8.63. The third-order valence-electron chi connectivity index (χ3n) is 6.33. The molecule has 2 heterocycles. The Morgan fingerprint density at radius 3 is 2.47 bits per heavy atom. The van der Waals surface area contributed by atoms with Gasteiger partial charge in [-0.25, -0.2) is 0 Å². The maximum absolute atomic E-state index is 13.5. The molecule has 0 radical (unpaired) electrons. The SMILES string of the molecule is CN(C(=O)c1cc2ccn(C)c2cc1Cl)[C@H](CCNC(=O)c1cccn1C)Cc1ccccc1. The van der Waals surface area contributed by atoms with Crippen LogP contribution in [0.5, 0.6) is 0 Å². The van der Waals surface area contributed by atoms with Crippen LogP contribution in [0, 0.1) is 0 Å². The van der Waals surface area contributed by atoms with Crippen molar-refractivity contribution in [2.45, 2.75) is 18.9 Å². The Kier molecular flexibility index (Phi) is 7.08. The summed E-state index contributed by atoms with van der Waals surface area (Å²) in [5.41, 5.74) is 3.19. The summed E-state index contributed by atoms with van der Waals surface area (Å²) in [6.45, 7) is 0.449. The Labute approximate surface area is 204 Å². The molecule has 1 atom stereocenters. The van der Waals surface area contributed by atoms with E-state index in [4.69, 9.17) is 11.6 Å². The van der Waals surface area contributed by atoms with Crippen molar-refractivity contribution < 1.29 is 9.59 Å². The number of carbonyl (C=O) groups excluding carboxylic acids is 2. The highest BCUT2D eigenvalue weighted by Gasteiger charge is 2.24. The van der Waals surface area contributed by atoms with Crippen molar-refractivity contribution in [2.75, 3.05) is 13.6 Å².